The number of rotatable bonds is 9. The topological polar surface area (TPSA) is 74.6 Å². The lowest BCUT2D eigenvalue weighted by Crippen LogP contribution is -2.17. The lowest BCUT2D eigenvalue weighted by atomic mass is 10.1. The third kappa shape index (κ3) is 8.37. The Labute approximate surface area is 91.9 Å². The average Bonchev–Trinajstić information content (AvgIpc) is 2.15. The van der Waals surface area contributed by atoms with Gasteiger partial charge >= 0.3 is 11.9 Å². The lowest BCUT2D eigenvalue weighted by molar-refractivity contribution is -0.142. The molecule has 4 nitrogen and oxygen atoms in total. The Hall–Kier alpha value is -0.630. The molecule has 0 aromatic carbocycles. The molecule has 0 rings (SSSR count). The molecule has 2 atom stereocenters. The van der Waals surface area contributed by atoms with Gasteiger partial charge < -0.3 is 10.2 Å². The number of carboxylic acid groups (broad SMARTS) is 2. The summed E-state index contributed by atoms with van der Waals surface area (Å²) in [6.45, 7) is 2.10. The van der Waals surface area contributed by atoms with Crippen molar-refractivity contribution in [2.45, 2.75) is 32.6 Å². The number of aliphatic carboxylic acids is 2. The Morgan fingerprint density at radius 2 is 2.00 bits per heavy atom. The van der Waals surface area contributed by atoms with Crippen LogP contribution in [0.25, 0.3) is 0 Å². The van der Waals surface area contributed by atoms with Gasteiger partial charge in [-0.15, -0.1) is 8.58 Å². The second-order valence-corrected chi connectivity index (χ2v) is 4.93. The summed E-state index contributed by atoms with van der Waals surface area (Å²) in [4.78, 5) is 21.1. The summed E-state index contributed by atoms with van der Waals surface area (Å²) in [5.41, 5.74) is 0. The highest BCUT2D eigenvalue weighted by molar-refractivity contribution is 7.38. The van der Waals surface area contributed by atoms with Gasteiger partial charge in [0.15, 0.2) is 0 Å². The van der Waals surface area contributed by atoms with E-state index in [1.54, 1.807) is 0 Å². The Kier molecular flexibility index (Phi) is 8.30. The van der Waals surface area contributed by atoms with E-state index in [0.29, 0.717) is 14.7 Å². The summed E-state index contributed by atoms with van der Waals surface area (Å²) in [5.74, 6) is -2.25. The van der Waals surface area contributed by atoms with Crippen LogP contribution in [-0.2, 0) is 9.59 Å². The molecule has 0 saturated carbocycles. The van der Waals surface area contributed by atoms with Crippen molar-refractivity contribution >= 4 is 20.5 Å². The maximum absolute atomic E-state index is 10.8. The minimum absolute atomic E-state index is 0.0464. The van der Waals surface area contributed by atoms with E-state index in [4.69, 9.17) is 10.2 Å². The van der Waals surface area contributed by atoms with E-state index in [-0.39, 0.29) is 12.8 Å². The molecule has 2 unspecified atom stereocenters. The Balaban J connectivity index is 3.73. The summed E-state index contributed by atoms with van der Waals surface area (Å²) >= 11 is 0. The standard InChI is InChI=1S/C10H19O4P/c1-2-3-6-15-7-8(10(13)14)4-5-9(11)12/h8,15H,2-7H2,1H3,(H,11,12)(H,13,14). The molecule has 0 spiro atoms. The SMILES string of the molecule is CCCCPCC(CCC(=O)O)C(=O)O. The first kappa shape index (κ1) is 14.4. The fraction of sp³-hybridized carbons (Fsp3) is 0.800. The molecule has 0 heterocycles. The molecule has 0 aliphatic heterocycles. The van der Waals surface area contributed by atoms with Gasteiger partial charge in [-0.2, -0.15) is 0 Å². The largest absolute Gasteiger partial charge is 0.481 e. The van der Waals surface area contributed by atoms with Gasteiger partial charge in [-0.05, 0) is 25.2 Å². The molecule has 0 saturated heterocycles. The molecule has 0 fully saturated rings. The number of carboxylic acids is 2. The maximum Gasteiger partial charge on any atom is 0.306 e. The van der Waals surface area contributed by atoms with E-state index in [2.05, 4.69) is 6.92 Å². The van der Waals surface area contributed by atoms with Crippen LogP contribution in [0.3, 0.4) is 0 Å². The Morgan fingerprint density at radius 3 is 2.47 bits per heavy atom. The molecule has 0 aliphatic rings. The molecule has 0 amide bonds. The second-order valence-electron chi connectivity index (χ2n) is 3.53. The third-order valence-electron chi connectivity index (χ3n) is 2.15. The summed E-state index contributed by atoms with van der Waals surface area (Å²) in [5, 5.41) is 17.3. The summed E-state index contributed by atoms with van der Waals surface area (Å²) < 4.78 is 0. The van der Waals surface area contributed by atoms with Gasteiger partial charge in [-0.25, -0.2) is 0 Å². The van der Waals surface area contributed by atoms with Gasteiger partial charge in [0.25, 0.3) is 0 Å². The van der Waals surface area contributed by atoms with E-state index < -0.39 is 17.9 Å². The van der Waals surface area contributed by atoms with Crippen LogP contribution in [0.4, 0.5) is 0 Å². The van der Waals surface area contributed by atoms with Gasteiger partial charge in [-0.1, -0.05) is 13.3 Å². The Bertz CT molecular complexity index is 206. The molecule has 0 aliphatic carbocycles. The molecular weight excluding hydrogens is 215 g/mol. The van der Waals surface area contributed by atoms with Gasteiger partial charge in [0.2, 0.25) is 0 Å². The molecule has 15 heavy (non-hydrogen) atoms. The minimum atomic E-state index is -0.918. The fourth-order valence-electron chi connectivity index (χ4n) is 1.19. The van der Waals surface area contributed by atoms with Crippen LogP contribution in [0, 0.1) is 5.92 Å². The van der Waals surface area contributed by atoms with Crippen molar-refractivity contribution in [3.8, 4) is 0 Å². The predicted octanol–water partition coefficient (Wildman–Crippen LogP) is 2.03. The molecular formula is C10H19O4P. The molecule has 0 bridgehead atoms. The number of hydrogen-bond acceptors (Lipinski definition) is 2. The first-order chi connectivity index (χ1) is 7.07. The number of carbonyl (C=O) groups is 2. The van der Waals surface area contributed by atoms with Crippen molar-refractivity contribution in [2.24, 2.45) is 5.92 Å². The van der Waals surface area contributed by atoms with Crippen LogP contribution < -0.4 is 0 Å². The maximum atomic E-state index is 10.8. The van der Waals surface area contributed by atoms with Crippen LogP contribution in [0.1, 0.15) is 32.6 Å². The zero-order valence-electron chi connectivity index (χ0n) is 9.03. The smallest absolute Gasteiger partial charge is 0.306 e. The van der Waals surface area contributed by atoms with Gasteiger partial charge in [0, 0.05) is 6.42 Å². The van der Waals surface area contributed by atoms with Crippen LogP contribution in [0.5, 0.6) is 0 Å². The van der Waals surface area contributed by atoms with Crippen molar-refractivity contribution in [1.82, 2.24) is 0 Å². The second kappa shape index (κ2) is 8.66. The first-order valence-electron chi connectivity index (χ1n) is 5.23. The zero-order valence-corrected chi connectivity index (χ0v) is 10.0. The third-order valence-corrected chi connectivity index (χ3v) is 3.64. The van der Waals surface area contributed by atoms with E-state index in [1.165, 1.54) is 0 Å². The van der Waals surface area contributed by atoms with Crippen molar-refractivity contribution < 1.29 is 19.8 Å². The first-order valence-corrected chi connectivity index (χ1v) is 6.64. The highest BCUT2D eigenvalue weighted by Gasteiger charge is 2.17. The summed E-state index contributed by atoms with van der Waals surface area (Å²) in [6, 6.07) is 0. The summed E-state index contributed by atoms with van der Waals surface area (Å²) in [6.07, 6.45) is 4.15. The zero-order chi connectivity index (χ0) is 11.7. The molecule has 2 N–H and O–H groups in total. The normalized spacial score (nSPS) is 13.1. The highest BCUT2D eigenvalue weighted by Crippen LogP contribution is 2.20. The van der Waals surface area contributed by atoms with Crippen LogP contribution in [0.15, 0.2) is 0 Å². The molecule has 0 aromatic rings. The van der Waals surface area contributed by atoms with Crippen LogP contribution in [-0.4, -0.2) is 34.5 Å². The molecule has 0 aromatic heterocycles. The van der Waals surface area contributed by atoms with Crippen molar-refractivity contribution in [1.29, 1.82) is 0 Å². The molecule has 0 radical (unpaired) electrons. The minimum Gasteiger partial charge on any atom is -0.481 e. The molecule has 5 heteroatoms. The van der Waals surface area contributed by atoms with Gasteiger partial charge in [0.05, 0.1) is 5.92 Å². The van der Waals surface area contributed by atoms with Gasteiger partial charge in [0.1, 0.15) is 0 Å². The van der Waals surface area contributed by atoms with Crippen LogP contribution in [0.2, 0.25) is 0 Å². The fourth-order valence-corrected chi connectivity index (χ4v) is 2.72. The molecule has 88 valence electrons. The van der Waals surface area contributed by atoms with Crippen molar-refractivity contribution in [3.05, 3.63) is 0 Å². The quantitative estimate of drug-likeness (QED) is 0.473. The number of unbranched alkanes of at least 4 members (excludes halogenated alkanes) is 1. The number of hydrogen-bond donors (Lipinski definition) is 2. The van der Waals surface area contributed by atoms with Gasteiger partial charge in [-0.3, -0.25) is 9.59 Å². The average molecular weight is 234 g/mol. The van der Waals surface area contributed by atoms with E-state index in [1.807, 2.05) is 0 Å². The van der Waals surface area contributed by atoms with Crippen molar-refractivity contribution in [3.63, 3.8) is 0 Å². The van der Waals surface area contributed by atoms with E-state index in [0.717, 1.165) is 19.0 Å². The van der Waals surface area contributed by atoms with Crippen molar-refractivity contribution in [2.75, 3.05) is 12.3 Å². The Morgan fingerprint density at radius 1 is 1.33 bits per heavy atom. The predicted molar refractivity (Wildman–Crippen MR) is 61.0 cm³/mol. The van der Waals surface area contributed by atoms with E-state index >= 15 is 0 Å². The highest BCUT2D eigenvalue weighted by atomic mass is 31.1. The lowest BCUT2D eigenvalue weighted by Gasteiger charge is -2.10. The monoisotopic (exact) mass is 234 g/mol. The van der Waals surface area contributed by atoms with E-state index in [9.17, 15) is 9.59 Å². The summed E-state index contributed by atoms with van der Waals surface area (Å²) in [7, 11) is 0.642. The van der Waals surface area contributed by atoms with Crippen LogP contribution >= 0.6 is 8.58 Å².